The number of hydrogen-bond donors (Lipinski definition) is 0. The van der Waals surface area contributed by atoms with E-state index < -0.39 is 0 Å². The van der Waals surface area contributed by atoms with Gasteiger partial charge in [-0.25, -0.2) is 4.98 Å². The van der Waals surface area contributed by atoms with Gasteiger partial charge in [0.05, 0.1) is 11.0 Å². The van der Waals surface area contributed by atoms with Crippen LogP contribution in [0.2, 0.25) is 0 Å². The van der Waals surface area contributed by atoms with Crippen LogP contribution < -0.4 is 0 Å². The number of para-hydroxylation sites is 2. The van der Waals surface area contributed by atoms with Crippen molar-refractivity contribution >= 4 is 17.1 Å². The molecule has 0 atom stereocenters. The van der Waals surface area contributed by atoms with E-state index in [2.05, 4.69) is 73.0 Å². The molecule has 0 saturated heterocycles. The third-order valence-corrected chi connectivity index (χ3v) is 3.60. The molecule has 1 heterocycles. The summed E-state index contributed by atoms with van der Waals surface area (Å²) in [5.74, 6) is 1.57. The van der Waals surface area contributed by atoms with E-state index >= 15 is 0 Å². The largest absolute Gasteiger partial charge is 0.324 e. The quantitative estimate of drug-likeness (QED) is 0.664. The van der Waals surface area contributed by atoms with Gasteiger partial charge in [-0.15, -0.1) is 0 Å². The van der Waals surface area contributed by atoms with Gasteiger partial charge in [0.1, 0.15) is 5.82 Å². The lowest BCUT2D eigenvalue weighted by atomic mass is 10.2. The summed E-state index contributed by atoms with van der Waals surface area (Å²) in [6, 6.07) is 18.7. The van der Waals surface area contributed by atoms with E-state index in [0.717, 1.165) is 17.9 Å². The molecule has 0 aliphatic rings. The van der Waals surface area contributed by atoms with Crippen LogP contribution in [0.1, 0.15) is 31.2 Å². The average Bonchev–Trinajstić information content (AvgIpc) is 2.88. The van der Waals surface area contributed by atoms with Crippen LogP contribution in [0.5, 0.6) is 0 Å². The Hall–Kier alpha value is -2.35. The predicted octanol–water partition coefficient (Wildman–Crippen LogP) is 4.87. The smallest absolute Gasteiger partial charge is 0.112 e. The van der Waals surface area contributed by atoms with Crippen LogP contribution in [0.4, 0.5) is 0 Å². The van der Waals surface area contributed by atoms with Crippen molar-refractivity contribution in [1.29, 1.82) is 0 Å². The Balaban J connectivity index is 1.92. The van der Waals surface area contributed by atoms with Crippen LogP contribution >= 0.6 is 0 Å². The van der Waals surface area contributed by atoms with E-state index in [1.807, 2.05) is 12.1 Å². The minimum atomic E-state index is 0.419. The van der Waals surface area contributed by atoms with Crippen LogP contribution in [0, 0.1) is 0 Å². The maximum atomic E-state index is 4.77. The normalized spacial score (nSPS) is 11.8. The molecule has 0 N–H and O–H groups in total. The van der Waals surface area contributed by atoms with Gasteiger partial charge in [-0.3, -0.25) is 0 Å². The molecule has 21 heavy (non-hydrogen) atoms. The van der Waals surface area contributed by atoms with Crippen LogP contribution in [0.25, 0.3) is 17.1 Å². The molecule has 0 aliphatic heterocycles. The summed E-state index contributed by atoms with van der Waals surface area (Å²) in [4.78, 5) is 4.77. The molecule has 2 heteroatoms. The van der Waals surface area contributed by atoms with Gasteiger partial charge in [0.25, 0.3) is 0 Å². The SMILES string of the molecule is CC(C)c1nc2ccccc2n1CC=Cc1ccccc1. The summed E-state index contributed by atoms with van der Waals surface area (Å²) in [5.41, 5.74) is 3.52. The molecule has 0 spiro atoms. The molecule has 106 valence electrons. The second-order valence-corrected chi connectivity index (χ2v) is 5.54. The molecule has 0 aliphatic carbocycles. The lowest BCUT2D eigenvalue weighted by Gasteiger charge is -2.09. The topological polar surface area (TPSA) is 17.8 Å². The molecule has 0 unspecified atom stereocenters. The van der Waals surface area contributed by atoms with Gasteiger partial charge in [-0.2, -0.15) is 0 Å². The highest BCUT2D eigenvalue weighted by molar-refractivity contribution is 5.76. The molecule has 0 fully saturated rings. The Morgan fingerprint density at radius 3 is 2.48 bits per heavy atom. The first-order valence-electron chi connectivity index (χ1n) is 7.42. The molecule has 2 nitrogen and oxygen atoms in total. The number of aromatic nitrogens is 2. The van der Waals surface area contributed by atoms with Crippen molar-refractivity contribution in [3.8, 4) is 0 Å². The number of imidazole rings is 1. The van der Waals surface area contributed by atoms with E-state index in [1.165, 1.54) is 11.1 Å². The van der Waals surface area contributed by atoms with Crippen molar-refractivity contribution < 1.29 is 0 Å². The van der Waals surface area contributed by atoms with E-state index in [1.54, 1.807) is 0 Å². The van der Waals surface area contributed by atoms with Gasteiger partial charge >= 0.3 is 0 Å². The van der Waals surface area contributed by atoms with Gasteiger partial charge in [0.15, 0.2) is 0 Å². The molecule has 3 rings (SSSR count). The third-order valence-electron chi connectivity index (χ3n) is 3.60. The summed E-state index contributed by atoms with van der Waals surface area (Å²) in [6.45, 7) is 5.24. The van der Waals surface area contributed by atoms with Crippen LogP contribution in [0.15, 0.2) is 60.7 Å². The Kier molecular flexibility index (Phi) is 3.87. The Labute approximate surface area is 125 Å². The van der Waals surface area contributed by atoms with Crippen LogP contribution in [0.3, 0.4) is 0 Å². The molecular formula is C19H20N2. The number of hydrogen-bond acceptors (Lipinski definition) is 1. The zero-order valence-electron chi connectivity index (χ0n) is 12.5. The maximum Gasteiger partial charge on any atom is 0.112 e. The van der Waals surface area contributed by atoms with Gasteiger partial charge in [-0.05, 0) is 17.7 Å². The zero-order chi connectivity index (χ0) is 14.7. The fraction of sp³-hybridized carbons (Fsp3) is 0.211. The number of allylic oxidation sites excluding steroid dienone is 1. The third kappa shape index (κ3) is 2.89. The number of nitrogens with zero attached hydrogens (tertiary/aromatic N) is 2. The zero-order valence-corrected chi connectivity index (χ0v) is 12.5. The average molecular weight is 276 g/mol. The molecule has 0 amide bonds. The van der Waals surface area contributed by atoms with Crippen LogP contribution in [-0.2, 0) is 6.54 Å². The van der Waals surface area contributed by atoms with Crippen molar-refractivity contribution in [1.82, 2.24) is 9.55 Å². The summed E-state index contributed by atoms with van der Waals surface area (Å²) < 4.78 is 2.30. The van der Waals surface area contributed by atoms with Gasteiger partial charge < -0.3 is 4.57 Å². The van der Waals surface area contributed by atoms with E-state index in [0.29, 0.717) is 5.92 Å². The van der Waals surface area contributed by atoms with Gasteiger partial charge in [-0.1, -0.05) is 68.5 Å². The van der Waals surface area contributed by atoms with Gasteiger partial charge in [0, 0.05) is 12.5 Å². The lowest BCUT2D eigenvalue weighted by Crippen LogP contribution is -2.03. The van der Waals surface area contributed by atoms with Crippen molar-refractivity contribution in [3.63, 3.8) is 0 Å². The highest BCUT2D eigenvalue weighted by Crippen LogP contribution is 2.21. The molecule has 1 aromatic heterocycles. The highest BCUT2D eigenvalue weighted by atomic mass is 15.1. The standard InChI is InChI=1S/C19H20N2/c1-15(2)19-20-17-12-6-7-13-18(17)21(19)14-8-11-16-9-4-3-5-10-16/h3-13,15H,14H2,1-2H3. The molecule has 0 saturated carbocycles. The molecule has 0 bridgehead atoms. The van der Waals surface area contributed by atoms with Crippen molar-refractivity contribution in [3.05, 3.63) is 72.1 Å². The second kappa shape index (κ2) is 5.96. The van der Waals surface area contributed by atoms with Crippen molar-refractivity contribution in [2.24, 2.45) is 0 Å². The predicted molar refractivity (Wildman–Crippen MR) is 89.3 cm³/mol. The number of benzene rings is 2. The second-order valence-electron chi connectivity index (χ2n) is 5.54. The molecule has 2 aromatic carbocycles. The van der Waals surface area contributed by atoms with Crippen molar-refractivity contribution in [2.45, 2.75) is 26.3 Å². The summed E-state index contributed by atoms with van der Waals surface area (Å²) in [7, 11) is 0. The number of rotatable bonds is 4. The van der Waals surface area contributed by atoms with E-state index in [9.17, 15) is 0 Å². The Bertz CT molecular complexity index is 752. The first kappa shape index (κ1) is 13.6. The van der Waals surface area contributed by atoms with E-state index in [4.69, 9.17) is 4.98 Å². The lowest BCUT2D eigenvalue weighted by molar-refractivity contribution is 0.692. The number of fused-ring (bicyclic) bond motifs is 1. The Morgan fingerprint density at radius 2 is 1.71 bits per heavy atom. The van der Waals surface area contributed by atoms with Crippen LogP contribution in [-0.4, -0.2) is 9.55 Å². The summed E-state index contributed by atoms with van der Waals surface area (Å²) in [5, 5.41) is 0. The maximum absolute atomic E-state index is 4.77. The molecule has 0 radical (unpaired) electrons. The highest BCUT2D eigenvalue weighted by Gasteiger charge is 2.11. The first-order valence-corrected chi connectivity index (χ1v) is 7.42. The summed E-state index contributed by atoms with van der Waals surface area (Å²) >= 11 is 0. The van der Waals surface area contributed by atoms with Crippen molar-refractivity contribution in [2.75, 3.05) is 0 Å². The molecular weight excluding hydrogens is 256 g/mol. The fourth-order valence-electron chi connectivity index (χ4n) is 2.59. The first-order chi connectivity index (χ1) is 10.3. The minimum absolute atomic E-state index is 0.419. The van der Waals surface area contributed by atoms with E-state index in [-0.39, 0.29) is 0 Å². The van der Waals surface area contributed by atoms with Gasteiger partial charge in [0.2, 0.25) is 0 Å². The molecule has 3 aromatic rings. The minimum Gasteiger partial charge on any atom is -0.324 e. The summed E-state index contributed by atoms with van der Waals surface area (Å²) in [6.07, 6.45) is 4.37. The fourth-order valence-corrected chi connectivity index (χ4v) is 2.59. The monoisotopic (exact) mass is 276 g/mol. The Morgan fingerprint density at radius 1 is 1.00 bits per heavy atom.